The molecule has 0 radical (unpaired) electrons. The number of morpholine rings is 1. The fourth-order valence-electron chi connectivity index (χ4n) is 3.45. The molecule has 1 fully saturated rings. The lowest BCUT2D eigenvalue weighted by Crippen LogP contribution is -2.57. The largest absolute Gasteiger partial charge is 0.444 e. The minimum Gasteiger partial charge on any atom is -0.444 e. The van der Waals surface area contributed by atoms with Crippen LogP contribution in [0.15, 0.2) is 11.6 Å². The van der Waals surface area contributed by atoms with E-state index in [1.165, 1.54) is 4.90 Å². The second-order valence-electron chi connectivity index (χ2n) is 7.90. The topological polar surface area (TPSA) is 38.8 Å². The third-order valence-corrected chi connectivity index (χ3v) is 4.58. The minimum atomic E-state index is -2.18. The lowest BCUT2D eigenvalue weighted by Gasteiger charge is -2.44. The van der Waals surface area contributed by atoms with Crippen molar-refractivity contribution >= 4 is 6.09 Å². The highest BCUT2D eigenvalue weighted by atomic mass is 19.2. The summed E-state index contributed by atoms with van der Waals surface area (Å²) in [7, 11) is 0. The van der Waals surface area contributed by atoms with Gasteiger partial charge < -0.3 is 9.47 Å². The molecular formula is C19H20F5NO3. The minimum absolute atomic E-state index is 0.149. The molecule has 0 aliphatic carbocycles. The molecule has 3 rings (SSSR count). The summed E-state index contributed by atoms with van der Waals surface area (Å²) in [6.45, 7) is 5.52. The van der Waals surface area contributed by atoms with Crippen LogP contribution in [0.2, 0.25) is 0 Å². The van der Waals surface area contributed by atoms with Gasteiger partial charge in [0.25, 0.3) is 0 Å². The molecule has 0 saturated carbocycles. The number of benzene rings is 1. The third kappa shape index (κ3) is 3.85. The van der Waals surface area contributed by atoms with Gasteiger partial charge in [-0.05, 0) is 33.6 Å². The number of nitrogens with zero attached hydrogens (tertiary/aromatic N) is 1. The van der Waals surface area contributed by atoms with Crippen molar-refractivity contribution in [3.05, 3.63) is 46.3 Å². The standard InChI is InChI=1S/C19H20F5NO3/c1-19(2,3)28-18(26)25-10-4-9(5-11(25)8-27-7-10)6-12-13(20)15(22)17(24)16(23)14(12)21/h4,10-11H,5-8H2,1-3H3. The molecule has 28 heavy (non-hydrogen) atoms. The van der Waals surface area contributed by atoms with Crippen LogP contribution in [0.25, 0.3) is 0 Å². The van der Waals surface area contributed by atoms with Gasteiger partial charge in [-0.25, -0.2) is 26.7 Å². The van der Waals surface area contributed by atoms with Crippen LogP contribution in [-0.4, -0.2) is 41.9 Å². The van der Waals surface area contributed by atoms with Crippen LogP contribution in [0.3, 0.4) is 0 Å². The average molecular weight is 405 g/mol. The Balaban J connectivity index is 1.88. The summed E-state index contributed by atoms with van der Waals surface area (Å²) in [5.41, 5.74) is -1.11. The molecule has 2 unspecified atom stereocenters. The summed E-state index contributed by atoms with van der Waals surface area (Å²) in [5, 5.41) is 0. The Hall–Kier alpha value is -2.16. The van der Waals surface area contributed by atoms with Gasteiger partial charge in [0.1, 0.15) is 5.60 Å². The van der Waals surface area contributed by atoms with Crippen LogP contribution in [-0.2, 0) is 15.9 Å². The molecule has 2 heterocycles. The van der Waals surface area contributed by atoms with E-state index in [0.29, 0.717) is 5.57 Å². The number of ether oxygens (including phenoxy) is 2. The number of rotatable bonds is 2. The second kappa shape index (κ2) is 7.35. The number of carbonyl (C=O) groups excluding carboxylic acids is 1. The maximum atomic E-state index is 14.0. The first kappa shape index (κ1) is 20.6. The molecule has 0 aromatic heterocycles. The summed E-state index contributed by atoms with van der Waals surface area (Å²) >= 11 is 0. The number of halogens is 5. The van der Waals surface area contributed by atoms with Crippen LogP contribution < -0.4 is 0 Å². The van der Waals surface area contributed by atoms with E-state index in [-0.39, 0.29) is 19.6 Å². The summed E-state index contributed by atoms with van der Waals surface area (Å²) in [6, 6.07) is -0.992. The highest BCUT2D eigenvalue weighted by molar-refractivity contribution is 5.70. The third-order valence-electron chi connectivity index (χ3n) is 4.58. The van der Waals surface area contributed by atoms with Gasteiger partial charge >= 0.3 is 6.09 Å². The first-order valence-corrected chi connectivity index (χ1v) is 8.78. The molecule has 4 nitrogen and oxygen atoms in total. The molecule has 2 aliphatic heterocycles. The quantitative estimate of drug-likeness (QED) is 0.320. The van der Waals surface area contributed by atoms with Crippen molar-refractivity contribution < 1.29 is 36.2 Å². The molecule has 1 saturated heterocycles. The predicted octanol–water partition coefficient (Wildman–Crippen LogP) is 4.26. The molecule has 1 aromatic carbocycles. The van der Waals surface area contributed by atoms with E-state index in [1.807, 2.05) is 0 Å². The molecule has 2 bridgehead atoms. The summed E-state index contributed by atoms with van der Waals surface area (Å²) < 4.78 is 78.9. The molecule has 2 atom stereocenters. The number of hydrogen-bond acceptors (Lipinski definition) is 3. The first-order valence-electron chi connectivity index (χ1n) is 8.78. The zero-order valence-electron chi connectivity index (χ0n) is 15.6. The van der Waals surface area contributed by atoms with E-state index >= 15 is 0 Å². The Morgan fingerprint density at radius 1 is 1.07 bits per heavy atom. The van der Waals surface area contributed by atoms with Gasteiger partial charge in [-0.3, -0.25) is 4.90 Å². The Bertz CT molecular complexity index is 805. The molecule has 9 heteroatoms. The van der Waals surface area contributed by atoms with Gasteiger partial charge in [0.15, 0.2) is 23.3 Å². The van der Waals surface area contributed by atoms with Crippen molar-refractivity contribution in [1.82, 2.24) is 4.90 Å². The van der Waals surface area contributed by atoms with Crippen LogP contribution in [0, 0.1) is 29.1 Å². The number of hydrogen-bond donors (Lipinski definition) is 0. The molecular weight excluding hydrogens is 385 g/mol. The zero-order valence-corrected chi connectivity index (χ0v) is 15.6. The second-order valence-corrected chi connectivity index (χ2v) is 7.90. The summed E-state index contributed by atoms with van der Waals surface area (Å²) in [5.74, 6) is -9.80. The predicted molar refractivity (Wildman–Crippen MR) is 89.1 cm³/mol. The van der Waals surface area contributed by atoms with Crippen molar-refractivity contribution in [1.29, 1.82) is 0 Å². The van der Waals surface area contributed by atoms with Gasteiger partial charge in [-0.1, -0.05) is 11.6 Å². The molecule has 1 amide bonds. The highest BCUT2D eigenvalue weighted by Gasteiger charge is 2.40. The molecule has 1 aromatic rings. The van der Waals surface area contributed by atoms with Crippen molar-refractivity contribution in [2.24, 2.45) is 0 Å². The van der Waals surface area contributed by atoms with Crippen molar-refractivity contribution in [3.8, 4) is 0 Å². The smallest absolute Gasteiger partial charge is 0.411 e. The van der Waals surface area contributed by atoms with E-state index < -0.39 is 64.8 Å². The number of carbonyl (C=O) groups is 1. The van der Waals surface area contributed by atoms with Crippen LogP contribution in [0.1, 0.15) is 32.8 Å². The Morgan fingerprint density at radius 3 is 2.18 bits per heavy atom. The van der Waals surface area contributed by atoms with Crippen LogP contribution >= 0.6 is 0 Å². The molecule has 0 spiro atoms. The Kier molecular flexibility index (Phi) is 5.40. The van der Waals surface area contributed by atoms with E-state index in [0.717, 1.165) is 0 Å². The monoisotopic (exact) mass is 405 g/mol. The highest BCUT2D eigenvalue weighted by Crippen LogP contribution is 2.32. The van der Waals surface area contributed by atoms with Crippen molar-refractivity contribution in [3.63, 3.8) is 0 Å². The number of amides is 1. The number of fused-ring (bicyclic) bond motifs is 2. The lowest BCUT2D eigenvalue weighted by molar-refractivity contribution is -0.0537. The SMILES string of the molecule is CC(C)(C)OC(=O)N1C2C=C(Cc3c(F)c(F)c(F)c(F)c3F)CC1COC2. The Labute approximate surface area is 158 Å². The van der Waals surface area contributed by atoms with E-state index in [1.54, 1.807) is 26.8 Å². The van der Waals surface area contributed by atoms with E-state index in [4.69, 9.17) is 9.47 Å². The molecule has 154 valence electrons. The van der Waals surface area contributed by atoms with E-state index in [2.05, 4.69) is 0 Å². The lowest BCUT2D eigenvalue weighted by atomic mass is 9.90. The summed E-state index contributed by atoms with van der Waals surface area (Å²) in [4.78, 5) is 14.0. The maximum Gasteiger partial charge on any atom is 0.411 e. The molecule has 0 N–H and O–H groups in total. The summed E-state index contributed by atoms with van der Waals surface area (Å²) in [6.07, 6.45) is 0.755. The Morgan fingerprint density at radius 2 is 1.64 bits per heavy atom. The molecule has 2 aliphatic rings. The van der Waals surface area contributed by atoms with Crippen molar-refractivity contribution in [2.45, 2.75) is 51.3 Å². The van der Waals surface area contributed by atoms with Crippen molar-refractivity contribution in [2.75, 3.05) is 13.2 Å². The maximum absolute atomic E-state index is 14.0. The first-order chi connectivity index (χ1) is 13.0. The zero-order chi connectivity index (χ0) is 20.8. The fraction of sp³-hybridized carbons (Fsp3) is 0.526. The van der Waals surface area contributed by atoms with Gasteiger partial charge in [0.2, 0.25) is 5.82 Å². The normalized spacial score (nSPS) is 22.1. The fourth-order valence-corrected chi connectivity index (χ4v) is 3.45. The van der Waals surface area contributed by atoms with Crippen LogP contribution in [0.5, 0.6) is 0 Å². The van der Waals surface area contributed by atoms with Crippen LogP contribution in [0.4, 0.5) is 26.7 Å². The van der Waals surface area contributed by atoms with Gasteiger partial charge in [0.05, 0.1) is 25.3 Å². The average Bonchev–Trinajstić information content (AvgIpc) is 2.59. The van der Waals surface area contributed by atoms with Gasteiger partial charge in [-0.2, -0.15) is 0 Å². The van der Waals surface area contributed by atoms with Gasteiger partial charge in [0, 0.05) is 5.56 Å². The van der Waals surface area contributed by atoms with E-state index in [9.17, 15) is 26.7 Å². The van der Waals surface area contributed by atoms with Gasteiger partial charge in [-0.15, -0.1) is 0 Å².